The number of rotatable bonds is 3. The number of alkyl halides is 1. The second kappa shape index (κ2) is 4.73. The van der Waals surface area contributed by atoms with Gasteiger partial charge >= 0.3 is 0 Å². The van der Waals surface area contributed by atoms with Crippen molar-refractivity contribution in [2.24, 2.45) is 5.73 Å². The first-order chi connectivity index (χ1) is 6.56. The van der Waals surface area contributed by atoms with Crippen molar-refractivity contribution in [3.8, 4) is 0 Å². The van der Waals surface area contributed by atoms with E-state index >= 15 is 0 Å². The number of hydrogen-bond acceptors (Lipinski definition) is 2. The molecule has 1 rings (SSSR count). The molecule has 1 aromatic carbocycles. The standard InChI is InChI=1S/C10H13ClFNO/c1-6(12)7-2-3-8(9(11)4-7)10(13)5-14/h2-4,6,10,14H,5,13H2,1H3. The van der Waals surface area contributed by atoms with Crippen molar-refractivity contribution in [2.45, 2.75) is 19.1 Å². The summed E-state index contributed by atoms with van der Waals surface area (Å²) < 4.78 is 12.9. The quantitative estimate of drug-likeness (QED) is 0.817. The number of halogens is 2. The Balaban J connectivity index is 3.01. The summed E-state index contributed by atoms with van der Waals surface area (Å²) in [6.07, 6.45) is -1.05. The van der Waals surface area contributed by atoms with Gasteiger partial charge in [0.15, 0.2) is 0 Å². The van der Waals surface area contributed by atoms with E-state index in [9.17, 15) is 4.39 Å². The Labute approximate surface area is 87.5 Å². The van der Waals surface area contributed by atoms with Crippen LogP contribution in [-0.4, -0.2) is 11.7 Å². The van der Waals surface area contributed by atoms with Gasteiger partial charge in [-0.05, 0) is 24.1 Å². The first-order valence-corrected chi connectivity index (χ1v) is 4.74. The molecule has 2 nitrogen and oxygen atoms in total. The van der Waals surface area contributed by atoms with Crippen LogP contribution in [0.1, 0.15) is 30.3 Å². The third kappa shape index (κ3) is 2.44. The van der Waals surface area contributed by atoms with E-state index in [-0.39, 0.29) is 6.61 Å². The Morgan fingerprint density at radius 1 is 1.57 bits per heavy atom. The molecule has 3 N–H and O–H groups in total. The molecular formula is C10H13ClFNO. The predicted octanol–water partition coefficient (Wildman–Crippen LogP) is 2.36. The smallest absolute Gasteiger partial charge is 0.122 e. The fourth-order valence-electron chi connectivity index (χ4n) is 1.19. The van der Waals surface area contributed by atoms with Gasteiger partial charge < -0.3 is 10.8 Å². The lowest BCUT2D eigenvalue weighted by molar-refractivity contribution is 0.268. The van der Waals surface area contributed by atoms with Crippen LogP contribution in [0.4, 0.5) is 4.39 Å². The molecule has 0 spiro atoms. The molecule has 2 unspecified atom stereocenters. The zero-order valence-corrected chi connectivity index (χ0v) is 8.63. The van der Waals surface area contributed by atoms with Gasteiger partial charge in [0.2, 0.25) is 0 Å². The minimum atomic E-state index is -1.05. The number of nitrogens with two attached hydrogens (primary N) is 1. The van der Waals surface area contributed by atoms with Crippen molar-refractivity contribution >= 4 is 11.6 Å². The maximum Gasteiger partial charge on any atom is 0.122 e. The van der Waals surface area contributed by atoms with Crippen LogP contribution in [0.5, 0.6) is 0 Å². The summed E-state index contributed by atoms with van der Waals surface area (Å²) >= 11 is 5.89. The van der Waals surface area contributed by atoms with Crippen molar-refractivity contribution in [3.05, 3.63) is 34.3 Å². The van der Waals surface area contributed by atoms with Gasteiger partial charge in [0.05, 0.1) is 12.6 Å². The van der Waals surface area contributed by atoms with Gasteiger partial charge in [-0.25, -0.2) is 4.39 Å². The fourth-order valence-corrected chi connectivity index (χ4v) is 1.52. The van der Waals surface area contributed by atoms with Gasteiger partial charge in [-0.2, -0.15) is 0 Å². The molecule has 78 valence electrons. The SMILES string of the molecule is CC(F)c1ccc(C(N)CO)c(Cl)c1. The number of aliphatic hydroxyl groups excluding tert-OH is 1. The molecule has 0 radical (unpaired) electrons. The summed E-state index contributed by atoms with van der Waals surface area (Å²) in [6.45, 7) is 1.27. The highest BCUT2D eigenvalue weighted by Gasteiger charge is 2.11. The molecule has 0 aliphatic carbocycles. The van der Waals surface area contributed by atoms with Crippen LogP contribution in [0.3, 0.4) is 0 Å². The molecule has 0 aliphatic rings. The Morgan fingerprint density at radius 2 is 2.21 bits per heavy atom. The van der Waals surface area contributed by atoms with Crippen molar-refractivity contribution in [1.29, 1.82) is 0 Å². The monoisotopic (exact) mass is 217 g/mol. The molecule has 0 aromatic heterocycles. The first-order valence-electron chi connectivity index (χ1n) is 4.36. The third-order valence-electron chi connectivity index (χ3n) is 2.08. The highest BCUT2D eigenvalue weighted by atomic mass is 35.5. The van der Waals surface area contributed by atoms with Gasteiger partial charge in [-0.15, -0.1) is 0 Å². The molecule has 0 amide bonds. The first kappa shape index (κ1) is 11.4. The Bertz CT molecular complexity index is 317. The van der Waals surface area contributed by atoms with Crippen molar-refractivity contribution in [2.75, 3.05) is 6.61 Å². The summed E-state index contributed by atoms with van der Waals surface area (Å²) in [6, 6.07) is 4.30. The van der Waals surface area contributed by atoms with E-state index in [0.29, 0.717) is 16.1 Å². The van der Waals surface area contributed by atoms with Gasteiger partial charge in [0.1, 0.15) is 6.17 Å². The summed E-state index contributed by atoms with van der Waals surface area (Å²) in [5, 5.41) is 9.23. The van der Waals surface area contributed by atoms with E-state index in [4.69, 9.17) is 22.4 Å². The van der Waals surface area contributed by atoms with Gasteiger partial charge in [0.25, 0.3) is 0 Å². The van der Waals surface area contributed by atoms with Crippen molar-refractivity contribution in [1.82, 2.24) is 0 Å². The largest absolute Gasteiger partial charge is 0.394 e. The van der Waals surface area contributed by atoms with E-state index in [2.05, 4.69) is 0 Å². The molecule has 4 heteroatoms. The zero-order valence-electron chi connectivity index (χ0n) is 7.87. The fraction of sp³-hybridized carbons (Fsp3) is 0.400. The van der Waals surface area contributed by atoms with Crippen LogP contribution >= 0.6 is 11.6 Å². The molecule has 14 heavy (non-hydrogen) atoms. The van der Waals surface area contributed by atoms with Gasteiger partial charge in [-0.3, -0.25) is 0 Å². The summed E-state index contributed by atoms with van der Waals surface area (Å²) in [7, 11) is 0. The molecule has 0 heterocycles. The van der Waals surface area contributed by atoms with Crippen LogP contribution in [0.15, 0.2) is 18.2 Å². The third-order valence-corrected chi connectivity index (χ3v) is 2.41. The maximum absolute atomic E-state index is 12.9. The Kier molecular flexibility index (Phi) is 3.86. The molecule has 1 aromatic rings. The van der Waals surface area contributed by atoms with Crippen LogP contribution in [0.2, 0.25) is 5.02 Å². The minimum Gasteiger partial charge on any atom is -0.394 e. The predicted molar refractivity (Wildman–Crippen MR) is 55.0 cm³/mol. The summed E-state index contributed by atoms with van der Waals surface area (Å²) in [5.41, 5.74) is 6.75. The van der Waals surface area contributed by atoms with E-state index in [1.807, 2.05) is 0 Å². The Morgan fingerprint density at radius 3 is 2.64 bits per heavy atom. The lowest BCUT2D eigenvalue weighted by Crippen LogP contribution is -2.15. The van der Waals surface area contributed by atoms with Gasteiger partial charge in [-0.1, -0.05) is 23.7 Å². The molecule has 0 aliphatic heterocycles. The van der Waals surface area contributed by atoms with E-state index < -0.39 is 12.2 Å². The topological polar surface area (TPSA) is 46.2 Å². The van der Waals surface area contributed by atoms with Gasteiger partial charge in [0, 0.05) is 5.02 Å². The van der Waals surface area contributed by atoms with Crippen LogP contribution in [0, 0.1) is 0 Å². The second-order valence-corrected chi connectivity index (χ2v) is 3.59. The second-order valence-electron chi connectivity index (χ2n) is 3.19. The van der Waals surface area contributed by atoms with E-state index in [0.717, 1.165) is 0 Å². The number of benzene rings is 1. The molecular weight excluding hydrogens is 205 g/mol. The average molecular weight is 218 g/mol. The lowest BCUT2D eigenvalue weighted by Gasteiger charge is -2.12. The molecule has 0 bridgehead atoms. The molecule has 0 saturated heterocycles. The normalized spacial score (nSPS) is 15.2. The van der Waals surface area contributed by atoms with Crippen molar-refractivity contribution < 1.29 is 9.50 Å². The van der Waals surface area contributed by atoms with E-state index in [1.54, 1.807) is 12.1 Å². The molecule has 0 fully saturated rings. The Hall–Kier alpha value is -0.640. The van der Waals surface area contributed by atoms with E-state index in [1.165, 1.54) is 13.0 Å². The summed E-state index contributed by atoms with van der Waals surface area (Å²) in [5.74, 6) is 0. The highest BCUT2D eigenvalue weighted by molar-refractivity contribution is 6.31. The highest BCUT2D eigenvalue weighted by Crippen LogP contribution is 2.26. The average Bonchev–Trinajstić information content (AvgIpc) is 2.16. The molecule has 0 saturated carbocycles. The van der Waals surface area contributed by atoms with Crippen molar-refractivity contribution in [3.63, 3.8) is 0 Å². The minimum absolute atomic E-state index is 0.176. The van der Waals surface area contributed by atoms with Crippen LogP contribution < -0.4 is 5.73 Å². The van der Waals surface area contributed by atoms with Crippen LogP contribution in [-0.2, 0) is 0 Å². The zero-order chi connectivity index (χ0) is 10.7. The molecule has 2 atom stereocenters. The number of aliphatic hydroxyl groups is 1. The number of hydrogen-bond donors (Lipinski definition) is 2. The van der Waals surface area contributed by atoms with Crippen LogP contribution in [0.25, 0.3) is 0 Å². The maximum atomic E-state index is 12.9. The lowest BCUT2D eigenvalue weighted by atomic mass is 10.0. The summed E-state index contributed by atoms with van der Waals surface area (Å²) in [4.78, 5) is 0.